The summed E-state index contributed by atoms with van der Waals surface area (Å²) in [5, 5.41) is 2.86. The van der Waals surface area contributed by atoms with Crippen molar-refractivity contribution in [1.29, 1.82) is 0 Å². The molecule has 0 radical (unpaired) electrons. The number of hydrogen-bond acceptors (Lipinski definition) is 4. The van der Waals surface area contributed by atoms with E-state index in [4.69, 9.17) is 4.74 Å². The number of carbonyl (C=O) groups is 3. The van der Waals surface area contributed by atoms with Crippen LogP contribution >= 0.6 is 0 Å². The largest absolute Gasteiger partial charge is 0.482 e. The number of ether oxygens (including phenoxy) is 1. The van der Waals surface area contributed by atoms with Crippen LogP contribution in [0.4, 0.5) is 5.69 Å². The van der Waals surface area contributed by atoms with E-state index < -0.39 is 0 Å². The maximum atomic E-state index is 12.2. The topological polar surface area (TPSA) is 79.0 Å². The Hall–Kier alpha value is -2.57. The minimum atomic E-state index is -0.141. The molecular weight excluding hydrogens is 346 g/mol. The number of nitrogens with one attached hydrogen (secondary N) is 1. The van der Waals surface area contributed by atoms with E-state index in [1.165, 1.54) is 0 Å². The summed E-state index contributed by atoms with van der Waals surface area (Å²) in [4.78, 5) is 39.7. The molecule has 0 spiro atoms. The van der Waals surface area contributed by atoms with Gasteiger partial charge in [0.05, 0.1) is 12.2 Å². The lowest BCUT2D eigenvalue weighted by molar-refractivity contribution is -0.136. The quantitative estimate of drug-likeness (QED) is 0.770. The average Bonchev–Trinajstić information content (AvgIpc) is 2.66. The van der Waals surface area contributed by atoms with Crippen molar-refractivity contribution in [3.8, 4) is 5.75 Å². The van der Waals surface area contributed by atoms with Crippen LogP contribution in [0.1, 0.15) is 38.5 Å². The summed E-state index contributed by atoms with van der Waals surface area (Å²) in [6.07, 6.45) is 5.24. The zero-order chi connectivity index (χ0) is 19.1. The van der Waals surface area contributed by atoms with Crippen LogP contribution in [-0.4, -0.2) is 55.4 Å². The molecule has 1 saturated heterocycles. The van der Waals surface area contributed by atoms with E-state index in [0.717, 1.165) is 31.4 Å². The third kappa shape index (κ3) is 5.21. The molecule has 1 N–H and O–H groups in total. The van der Waals surface area contributed by atoms with Gasteiger partial charge in [-0.1, -0.05) is 25.0 Å². The molecule has 3 rings (SSSR count). The number of likely N-dealkylation sites (tertiary alicyclic amines) is 1. The van der Waals surface area contributed by atoms with Gasteiger partial charge in [0.25, 0.3) is 5.91 Å². The van der Waals surface area contributed by atoms with E-state index in [9.17, 15) is 14.4 Å². The standard InChI is InChI=1S/C20H27N3O4/c24-18(14-22-12-6-2-1-3-10-19(22)25)21-11-7-13-23-16-8-4-5-9-17(16)27-15-20(23)26/h4-5,8-9H,1-3,6-7,10-15H2,(H,21,24). The Morgan fingerprint density at radius 1 is 1.07 bits per heavy atom. The van der Waals surface area contributed by atoms with E-state index in [0.29, 0.717) is 38.2 Å². The summed E-state index contributed by atoms with van der Waals surface area (Å²) < 4.78 is 5.43. The molecule has 2 heterocycles. The number of anilines is 1. The van der Waals surface area contributed by atoms with Gasteiger partial charge >= 0.3 is 0 Å². The van der Waals surface area contributed by atoms with Gasteiger partial charge in [-0.2, -0.15) is 0 Å². The van der Waals surface area contributed by atoms with Crippen molar-refractivity contribution in [2.75, 3.05) is 37.7 Å². The number of amides is 3. The Kier molecular flexibility index (Phi) is 6.68. The van der Waals surface area contributed by atoms with E-state index in [1.54, 1.807) is 9.80 Å². The second kappa shape index (κ2) is 9.39. The lowest BCUT2D eigenvalue weighted by Crippen LogP contribution is -2.43. The maximum Gasteiger partial charge on any atom is 0.265 e. The first kappa shape index (κ1) is 19.2. The van der Waals surface area contributed by atoms with E-state index in [2.05, 4.69) is 5.32 Å². The Morgan fingerprint density at radius 3 is 2.78 bits per heavy atom. The van der Waals surface area contributed by atoms with Gasteiger partial charge in [-0.25, -0.2) is 0 Å². The lowest BCUT2D eigenvalue weighted by atomic mass is 10.1. The minimum Gasteiger partial charge on any atom is -0.482 e. The van der Waals surface area contributed by atoms with Crippen LogP contribution in [-0.2, 0) is 14.4 Å². The zero-order valence-electron chi connectivity index (χ0n) is 15.6. The van der Waals surface area contributed by atoms with Gasteiger partial charge in [0.15, 0.2) is 6.61 Å². The molecule has 2 aliphatic heterocycles. The van der Waals surface area contributed by atoms with Crippen LogP contribution < -0.4 is 15.0 Å². The highest BCUT2D eigenvalue weighted by molar-refractivity contribution is 5.97. The first-order chi connectivity index (χ1) is 13.1. The van der Waals surface area contributed by atoms with Crippen LogP contribution in [0.15, 0.2) is 24.3 Å². The second-order valence-corrected chi connectivity index (χ2v) is 6.98. The predicted octanol–water partition coefficient (Wildman–Crippen LogP) is 1.71. The molecular formula is C20H27N3O4. The molecule has 3 amide bonds. The van der Waals surface area contributed by atoms with Gasteiger partial charge in [-0.15, -0.1) is 0 Å². The number of fused-ring (bicyclic) bond motifs is 1. The lowest BCUT2D eigenvalue weighted by Gasteiger charge is -2.29. The molecule has 0 unspecified atom stereocenters. The summed E-state index contributed by atoms with van der Waals surface area (Å²) in [5.41, 5.74) is 0.770. The van der Waals surface area contributed by atoms with E-state index in [-0.39, 0.29) is 30.9 Å². The number of hydrogen-bond donors (Lipinski definition) is 1. The molecule has 7 heteroatoms. The third-order valence-corrected chi connectivity index (χ3v) is 4.94. The van der Waals surface area contributed by atoms with Crippen molar-refractivity contribution >= 4 is 23.4 Å². The van der Waals surface area contributed by atoms with Crippen molar-refractivity contribution in [3.05, 3.63) is 24.3 Å². The molecule has 146 valence electrons. The molecule has 27 heavy (non-hydrogen) atoms. The monoisotopic (exact) mass is 373 g/mol. The second-order valence-electron chi connectivity index (χ2n) is 6.98. The Morgan fingerprint density at radius 2 is 1.89 bits per heavy atom. The Bertz CT molecular complexity index is 692. The van der Waals surface area contributed by atoms with Gasteiger partial charge < -0.3 is 19.9 Å². The summed E-state index contributed by atoms with van der Waals surface area (Å²) in [6, 6.07) is 7.45. The van der Waals surface area contributed by atoms with Gasteiger partial charge in [0.1, 0.15) is 5.75 Å². The van der Waals surface area contributed by atoms with Crippen LogP contribution in [0.25, 0.3) is 0 Å². The first-order valence-corrected chi connectivity index (χ1v) is 9.72. The van der Waals surface area contributed by atoms with Crippen LogP contribution in [0.2, 0.25) is 0 Å². The van der Waals surface area contributed by atoms with Crippen LogP contribution in [0.3, 0.4) is 0 Å². The summed E-state index contributed by atoms with van der Waals surface area (Å²) in [5.74, 6) is 0.556. The molecule has 0 atom stereocenters. The Balaban J connectivity index is 1.42. The summed E-state index contributed by atoms with van der Waals surface area (Å²) in [6.45, 7) is 1.81. The van der Waals surface area contributed by atoms with Crippen molar-refractivity contribution in [2.24, 2.45) is 0 Å². The predicted molar refractivity (Wildman–Crippen MR) is 102 cm³/mol. The zero-order valence-corrected chi connectivity index (χ0v) is 15.6. The fraction of sp³-hybridized carbons (Fsp3) is 0.550. The van der Waals surface area contributed by atoms with Gasteiger partial charge in [0.2, 0.25) is 11.8 Å². The molecule has 1 aromatic carbocycles. The van der Waals surface area contributed by atoms with Crippen molar-refractivity contribution in [2.45, 2.75) is 38.5 Å². The Labute approximate surface area is 159 Å². The third-order valence-electron chi connectivity index (χ3n) is 4.94. The fourth-order valence-corrected chi connectivity index (χ4v) is 3.48. The highest BCUT2D eigenvalue weighted by Crippen LogP contribution is 2.31. The molecule has 1 fully saturated rings. The van der Waals surface area contributed by atoms with Gasteiger partial charge in [-0.05, 0) is 31.4 Å². The average molecular weight is 373 g/mol. The van der Waals surface area contributed by atoms with Crippen LogP contribution in [0.5, 0.6) is 5.75 Å². The van der Waals surface area contributed by atoms with Gasteiger partial charge in [-0.3, -0.25) is 14.4 Å². The molecule has 0 aliphatic carbocycles. The number of carbonyl (C=O) groups excluding carboxylic acids is 3. The van der Waals surface area contributed by atoms with Crippen molar-refractivity contribution in [3.63, 3.8) is 0 Å². The number of para-hydroxylation sites is 2. The normalized spacial score (nSPS) is 17.6. The number of benzene rings is 1. The molecule has 7 nitrogen and oxygen atoms in total. The highest BCUT2D eigenvalue weighted by atomic mass is 16.5. The molecule has 2 aliphatic rings. The van der Waals surface area contributed by atoms with Gasteiger partial charge in [0, 0.05) is 26.1 Å². The summed E-state index contributed by atoms with van der Waals surface area (Å²) >= 11 is 0. The van der Waals surface area contributed by atoms with Crippen molar-refractivity contribution in [1.82, 2.24) is 10.2 Å². The first-order valence-electron chi connectivity index (χ1n) is 9.72. The maximum absolute atomic E-state index is 12.2. The van der Waals surface area contributed by atoms with Crippen LogP contribution in [0, 0.1) is 0 Å². The minimum absolute atomic E-state index is 0.0421. The number of rotatable bonds is 6. The molecule has 0 saturated carbocycles. The highest BCUT2D eigenvalue weighted by Gasteiger charge is 2.24. The van der Waals surface area contributed by atoms with E-state index >= 15 is 0 Å². The van der Waals surface area contributed by atoms with E-state index in [1.807, 2.05) is 24.3 Å². The molecule has 0 bridgehead atoms. The smallest absolute Gasteiger partial charge is 0.265 e. The summed E-state index contributed by atoms with van der Waals surface area (Å²) in [7, 11) is 0. The molecule has 0 aromatic heterocycles. The molecule has 1 aromatic rings. The SMILES string of the molecule is O=C(CN1CCCCCCC1=O)NCCCN1C(=O)COc2ccccc21. The fourth-order valence-electron chi connectivity index (χ4n) is 3.48. The van der Waals surface area contributed by atoms with Crippen molar-refractivity contribution < 1.29 is 19.1 Å². The number of nitrogens with zero attached hydrogens (tertiary/aromatic N) is 2.